The molecule has 3 rings (SSSR count). The van der Waals surface area contributed by atoms with Crippen LogP contribution in [-0.2, 0) is 22.5 Å². The van der Waals surface area contributed by atoms with Crippen molar-refractivity contribution in [3.8, 4) is 0 Å². The van der Waals surface area contributed by atoms with Gasteiger partial charge in [-0.1, -0.05) is 41.9 Å². The van der Waals surface area contributed by atoms with E-state index in [9.17, 15) is 4.79 Å². The van der Waals surface area contributed by atoms with Gasteiger partial charge in [-0.3, -0.25) is 9.69 Å². The van der Waals surface area contributed by atoms with Crippen LogP contribution in [0.4, 0.5) is 5.69 Å². The van der Waals surface area contributed by atoms with Crippen molar-refractivity contribution in [3.05, 3.63) is 64.7 Å². The highest BCUT2D eigenvalue weighted by molar-refractivity contribution is 6.31. The summed E-state index contributed by atoms with van der Waals surface area (Å²) in [5.41, 5.74) is 3.19. The maximum atomic E-state index is 11.1. The second kappa shape index (κ2) is 8.48. The first-order chi connectivity index (χ1) is 12.1. The van der Waals surface area contributed by atoms with E-state index in [1.54, 1.807) is 0 Å². The highest BCUT2D eigenvalue weighted by atomic mass is 35.5. The fraction of sp³-hybridized carbons (Fsp3) is 0.350. The minimum atomic E-state index is -0.0525. The fourth-order valence-corrected chi connectivity index (χ4v) is 3.32. The molecule has 4 nitrogen and oxygen atoms in total. The fourth-order valence-electron chi connectivity index (χ4n) is 3.11. The summed E-state index contributed by atoms with van der Waals surface area (Å²) in [7, 11) is 0. The van der Waals surface area contributed by atoms with Crippen LogP contribution in [-0.4, -0.2) is 36.6 Å². The summed E-state index contributed by atoms with van der Waals surface area (Å²) in [6, 6.07) is 16.0. The summed E-state index contributed by atoms with van der Waals surface area (Å²) >= 11 is 6.26. The number of halogens is 1. The van der Waals surface area contributed by atoms with Crippen LogP contribution < -0.4 is 5.32 Å². The molecule has 1 amide bonds. The lowest BCUT2D eigenvalue weighted by molar-refractivity contribution is -0.114. The molecular weight excluding hydrogens is 336 g/mol. The van der Waals surface area contributed by atoms with Crippen molar-refractivity contribution >= 4 is 23.2 Å². The first kappa shape index (κ1) is 17.9. The van der Waals surface area contributed by atoms with E-state index in [0.717, 1.165) is 48.9 Å². The van der Waals surface area contributed by atoms with Crippen LogP contribution in [0.15, 0.2) is 48.5 Å². The van der Waals surface area contributed by atoms with Gasteiger partial charge in [0.15, 0.2) is 0 Å². The minimum absolute atomic E-state index is 0.0525. The molecule has 0 saturated carbocycles. The molecule has 1 unspecified atom stereocenters. The van der Waals surface area contributed by atoms with Crippen LogP contribution in [0.1, 0.15) is 18.1 Å². The molecule has 1 saturated heterocycles. The number of amides is 1. The van der Waals surface area contributed by atoms with Gasteiger partial charge in [0.2, 0.25) is 5.91 Å². The van der Waals surface area contributed by atoms with Crippen molar-refractivity contribution in [2.75, 3.05) is 25.0 Å². The number of nitrogens with one attached hydrogen (secondary N) is 1. The zero-order valence-corrected chi connectivity index (χ0v) is 15.1. The van der Waals surface area contributed by atoms with Crippen LogP contribution in [0, 0.1) is 0 Å². The number of anilines is 1. The van der Waals surface area contributed by atoms with Crippen molar-refractivity contribution in [1.82, 2.24) is 4.90 Å². The Hall–Kier alpha value is -1.88. The van der Waals surface area contributed by atoms with Crippen molar-refractivity contribution in [1.29, 1.82) is 0 Å². The Labute approximate surface area is 153 Å². The SMILES string of the molecule is CC(=O)Nc1ccc(CN2CCOC(Cc3ccccc3Cl)C2)cc1. The average Bonchev–Trinajstić information content (AvgIpc) is 2.59. The molecule has 5 heteroatoms. The molecule has 25 heavy (non-hydrogen) atoms. The van der Waals surface area contributed by atoms with Crippen LogP contribution in [0.2, 0.25) is 5.02 Å². The number of carbonyl (C=O) groups is 1. The lowest BCUT2D eigenvalue weighted by Gasteiger charge is -2.33. The predicted octanol–water partition coefficient (Wildman–Crippen LogP) is 3.74. The van der Waals surface area contributed by atoms with E-state index in [-0.39, 0.29) is 12.0 Å². The number of carbonyl (C=O) groups excluding carboxylic acids is 1. The zero-order valence-electron chi connectivity index (χ0n) is 14.4. The standard InChI is InChI=1S/C20H23ClN2O2/c1-15(24)22-18-8-6-16(7-9-18)13-23-10-11-25-19(14-23)12-17-4-2-3-5-20(17)21/h2-9,19H,10-14H2,1H3,(H,22,24). The molecule has 0 spiro atoms. The highest BCUT2D eigenvalue weighted by Gasteiger charge is 2.21. The number of morpholine rings is 1. The van der Waals surface area contributed by atoms with E-state index in [1.165, 1.54) is 12.5 Å². The third kappa shape index (κ3) is 5.30. The van der Waals surface area contributed by atoms with E-state index in [4.69, 9.17) is 16.3 Å². The number of hydrogen-bond donors (Lipinski definition) is 1. The topological polar surface area (TPSA) is 41.6 Å². The Kier molecular flexibility index (Phi) is 6.08. The highest BCUT2D eigenvalue weighted by Crippen LogP contribution is 2.20. The van der Waals surface area contributed by atoms with Gasteiger partial charge in [0.25, 0.3) is 0 Å². The summed E-state index contributed by atoms with van der Waals surface area (Å²) < 4.78 is 5.92. The molecule has 1 aliphatic heterocycles. The molecule has 0 radical (unpaired) electrons. The molecule has 2 aromatic rings. The first-order valence-electron chi connectivity index (χ1n) is 8.54. The van der Waals surface area contributed by atoms with Crippen molar-refractivity contribution < 1.29 is 9.53 Å². The van der Waals surface area contributed by atoms with Gasteiger partial charge in [-0.25, -0.2) is 0 Å². The van der Waals surface area contributed by atoms with Gasteiger partial charge in [0, 0.05) is 43.7 Å². The first-order valence-corrected chi connectivity index (χ1v) is 8.92. The van der Waals surface area contributed by atoms with Gasteiger partial charge in [0.05, 0.1) is 12.7 Å². The van der Waals surface area contributed by atoms with Gasteiger partial charge in [-0.2, -0.15) is 0 Å². The monoisotopic (exact) mass is 358 g/mol. The second-order valence-corrected chi connectivity index (χ2v) is 6.81. The van der Waals surface area contributed by atoms with Gasteiger partial charge >= 0.3 is 0 Å². The van der Waals surface area contributed by atoms with E-state index in [1.807, 2.05) is 30.3 Å². The van der Waals surface area contributed by atoms with Gasteiger partial charge in [-0.05, 0) is 29.3 Å². The number of ether oxygens (including phenoxy) is 1. The largest absolute Gasteiger partial charge is 0.375 e. The summed E-state index contributed by atoms with van der Waals surface area (Å²) in [6.07, 6.45) is 0.991. The van der Waals surface area contributed by atoms with Gasteiger partial charge in [-0.15, -0.1) is 0 Å². The molecule has 0 aliphatic carbocycles. The smallest absolute Gasteiger partial charge is 0.221 e. The van der Waals surface area contributed by atoms with Crippen LogP contribution in [0.3, 0.4) is 0 Å². The molecule has 1 N–H and O–H groups in total. The number of nitrogens with zero attached hydrogens (tertiary/aromatic N) is 1. The lowest BCUT2D eigenvalue weighted by atomic mass is 10.1. The van der Waals surface area contributed by atoms with Crippen LogP contribution in [0.5, 0.6) is 0 Å². The summed E-state index contributed by atoms with van der Waals surface area (Å²) in [5, 5.41) is 3.59. The predicted molar refractivity (Wildman–Crippen MR) is 101 cm³/mol. The zero-order chi connectivity index (χ0) is 17.6. The van der Waals surface area contributed by atoms with E-state index in [0.29, 0.717) is 0 Å². The molecule has 0 aromatic heterocycles. The molecular formula is C20H23ClN2O2. The number of hydrogen-bond acceptors (Lipinski definition) is 3. The summed E-state index contributed by atoms with van der Waals surface area (Å²) in [5.74, 6) is -0.0525. The van der Waals surface area contributed by atoms with Gasteiger partial charge in [0.1, 0.15) is 0 Å². The lowest BCUT2D eigenvalue weighted by Crippen LogP contribution is -2.42. The Bertz CT molecular complexity index is 718. The Morgan fingerprint density at radius 2 is 2.00 bits per heavy atom. The molecule has 1 heterocycles. The quantitative estimate of drug-likeness (QED) is 0.885. The van der Waals surface area contributed by atoms with E-state index in [2.05, 4.69) is 28.4 Å². The molecule has 132 valence electrons. The minimum Gasteiger partial charge on any atom is -0.375 e. The molecule has 0 bridgehead atoms. The van der Waals surface area contributed by atoms with Crippen molar-refractivity contribution in [2.24, 2.45) is 0 Å². The summed E-state index contributed by atoms with van der Waals surface area (Å²) in [6.45, 7) is 4.94. The van der Waals surface area contributed by atoms with E-state index < -0.39 is 0 Å². The van der Waals surface area contributed by atoms with Crippen LogP contribution >= 0.6 is 11.6 Å². The average molecular weight is 359 g/mol. The Balaban J connectivity index is 1.56. The third-order valence-corrected chi connectivity index (χ3v) is 4.68. The number of rotatable bonds is 5. The van der Waals surface area contributed by atoms with Crippen molar-refractivity contribution in [3.63, 3.8) is 0 Å². The maximum absolute atomic E-state index is 11.1. The van der Waals surface area contributed by atoms with Gasteiger partial charge < -0.3 is 10.1 Å². The number of benzene rings is 2. The molecule has 1 fully saturated rings. The Morgan fingerprint density at radius 3 is 2.72 bits per heavy atom. The van der Waals surface area contributed by atoms with E-state index >= 15 is 0 Å². The maximum Gasteiger partial charge on any atom is 0.221 e. The van der Waals surface area contributed by atoms with Crippen LogP contribution in [0.25, 0.3) is 0 Å². The van der Waals surface area contributed by atoms with Crippen molar-refractivity contribution in [2.45, 2.75) is 26.0 Å². The molecule has 1 aliphatic rings. The second-order valence-electron chi connectivity index (χ2n) is 6.40. The Morgan fingerprint density at radius 1 is 1.24 bits per heavy atom. The third-order valence-electron chi connectivity index (χ3n) is 4.31. The molecule has 1 atom stereocenters. The summed E-state index contributed by atoms with van der Waals surface area (Å²) in [4.78, 5) is 13.5. The normalized spacial score (nSPS) is 18.1. The molecule has 2 aromatic carbocycles.